The summed E-state index contributed by atoms with van der Waals surface area (Å²) in [5.74, 6) is 0.933. The summed E-state index contributed by atoms with van der Waals surface area (Å²) in [4.78, 5) is 38.4. The first-order valence-electron chi connectivity index (χ1n) is 16.9. The first-order valence-corrected chi connectivity index (χ1v) is 16.9. The number of fused-ring (bicyclic) bond motifs is 4. The standard InChI is InChI=1S/C33H50O9/c1-17-7-9-24-19(3)26(35-28-32(24)22(17)11-13-30(5,37-28)39-41-32)15-21(34)16-27-20(4)25-10-8-18(2)23-12-14-31(6)38-29(36-27)33(23,25)42-40-31/h17-20,22-29H,7-16H2,1-6H3/t17-,18-,19-,20-,22+,23+,24+,25+,26-,27-,28-,29-,30-,31-,32-,33-/m1/s1. The van der Waals surface area contributed by atoms with Gasteiger partial charge >= 0.3 is 0 Å². The lowest BCUT2D eigenvalue weighted by molar-refractivity contribution is -0.571. The van der Waals surface area contributed by atoms with E-state index < -0.39 is 35.4 Å². The van der Waals surface area contributed by atoms with Gasteiger partial charge in [0.15, 0.2) is 23.8 Å². The van der Waals surface area contributed by atoms with E-state index in [0.717, 1.165) is 51.4 Å². The Hall–Kier alpha value is -0.650. The van der Waals surface area contributed by atoms with E-state index in [4.69, 9.17) is 38.5 Å². The molecule has 10 fully saturated rings. The van der Waals surface area contributed by atoms with Gasteiger partial charge in [-0.25, -0.2) is 19.6 Å². The van der Waals surface area contributed by atoms with Crippen LogP contribution in [-0.2, 0) is 43.3 Å². The van der Waals surface area contributed by atoms with E-state index in [9.17, 15) is 4.79 Å². The number of rotatable bonds is 4. The van der Waals surface area contributed by atoms with Crippen molar-refractivity contribution in [1.82, 2.24) is 0 Å². The number of Topliss-reactive ketones (excluding diaryl/α,β-unsaturated/α-hetero) is 1. The minimum Gasteiger partial charge on any atom is -0.345 e. The zero-order chi connectivity index (χ0) is 29.2. The summed E-state index contributed by atoms with van der Waals surface area (Å²) < 4.78 is 26.5. The molecule has 0 radical (unpaired) electrons. The number of hydrogen-bond donors (Lipinski definition) is 0. The highest BCUT2D eigenvalue weighted by molar-refractivity contribution is 5.79. The van der Waals surface area contributed by atoms with E-state index in [1.165, 1.54) is 0 Å². The average molecular weight is 591 g/mol. The lowest BCUT2D eigenvalue weighted by Crippen LogP contribution is -2.70. The molecular weight excluding hydrogens is 540 g/mol. The lowest BCUT2D eigenvalue weighted by atomic mass is 9.57. The number of carbonyl (C=O) groups excluding carboxylic acids is 1. The zero-order valence-electron chi connectivity index (χ0n) is 26.2. The first-order chi connectivity index (χ1) is 20.0. The fourth-order valence-corrected chi connectivity index (χ4v) is 11.0. The molecule has 2 aliphatic carbocycles. The summed E-state index contributed by atoms with van der Waals surface area (Å²) in [5, 5.41) is 0. The molecule has 8 saturated heterocycles. The van der Waals surface area contributed by atoms with E-state index in [1.807, 2.05) is 13.8 Å². The summed E-state index contributed by atoms with van der Waals surface area (Å²) >= 11 is 0. The van der Waals surface area contributed by atoms with E-state index in [1.54, 1.807) is 0 Å². The minimum atomic E-state index is -0.816. The van der Waals surface area contributed by atoms with Crippen molar-refractivity contribution < 1.29 is 43.3 Å². The van der Waals surface area contributed by atoms with Gasteiger partial charge in [0.2, 0.25) is 11.6 Å². The second-order valence-electron chi connectivity index (χ2n) is 15.8. The molecule has 2 saturated carbocycles. The molecule has 10 rings (SSSR count). The van der Waals surface area contributed by atoms with Crippen molar-refractivity contribution in [2.24, 2.45) is 47.3 Å². The Morgan fingerprint density at radius 3 is 1.45 bits per heavy atom. The maximum Gasteiger partial charge on any atom is 0.201 e. The van der Waals surface area contributed by atoms with Crippen LogP contribution in [0.2, 0.25) is 0 Å². The van der Waals surface area contributed by atoms with Gasteiger partial charge in [0, 0.05) is 37.5 Å². The predicted octanol–water partition coefficient (Wildman–Crippen LogP) is 5.84. The van der Waals surface area contributed by atoms with E-state index in [-0.39, 0.29) is 41.7 Å². The van der Waals surface area contributed by atoms with E-state index in [2.05, 4.69) is 27.7 Å². The third-order valence-corrected chi connectivity index (χ3v) is 13.4. The maximum atomic E-state index is 13.9. The molecule has 4 bridgehead atoms. The Balaban J connectivity index is 1.01. The van der Waals surface area contributed by atoms with Gasteiger partial charge in [0.1, 0.15) is 5.78 Å². The zero-order valence-corrected chi connectivity index (χ0v) is 26.2. The number of hydrogen-bond acceptors (Lipinski definition) is 9. The summed E-state index contributed by atoms with van der Waals surface area (Å²) in [7, 11) is 0. The van der Waals surface area contributed by atoms with Gasteiger partial charge in [-0.05, 0) is 87.9 Å². The van der Waals surface area contributed by atoms with Crippen LogP contribution in [0, 0.1) is 47.3 Å². The van der Waals surface area contributed by atoms with Crippen LogP contribution in [0.5, 0.6) is 0 Å². The second kappa shape index (κ2) is 9.68. The highest BCUT2D eigenvalue weighted by Crippen LogP contribution is 2.62. The highest BCUT2D eigenvalue weighted by Gasteiger charge is 2.71. The van der Waals surface area contributed by atoms with Gasteiger partial charge in [0.25, 0.3) is 0 Å². The first kappa shape index (κ1) is 28.8. The van der Waals surface area contributed by atoms with E-state index in [0.29, 0.717) is 36.5 Å². The molecule has 0 aromatic rings. The molecule has 16 atom stereocenters. The summed E-state index contributed by atoms with van der Waals surface area (Å²) in [6.07, 6.45) is 7.09. The van der Waals surface area contributed by atoms with Crippen molar-refractivity contribution in [3.05, 3.63) is 0 Å². The molecule has 9 nitrogen and oxygen atoms in total. The molecule has 8 heterocycles. The van der Waals surface area contributed by atoms with Gasteiger partial charge in [-0.1, -0.05) is 27.7 Å². The van der Waals surface area contributed by atoms with Gasteiger partial charge in [0.05, 0.1) is 12.2 Å². The number of carbonyl (C=O) groups is 1. The molecule has 0 aromatic carbocycles. The van der Waals surface area contributed by atoms with Crippen LogP contribution in [0.3, 0.4) is 0 Å². The fourth-order valence-electron chi connectivity index (χ4n) is 11.0. The maximum absolute atomic E-state index is 13.9. The number of ether oxygens (including phenoxy) is 4. The van der Waals surface area contributed by atoms with Gasteiger partial charge in [-0.3, -0.25) is 4.79 Å². The fraction of sp³-hybridized carbons (Fsp3) is 0.970. The molecule has 236 valence electrons. The Labute approximate surface area is 249 Å². The number of ketones is 1. The van der Waals surface area contributed by atoms with Crippen LogP contribution in [0.15, 0.2) is 0 Å². The molecule has 9 heteroatoms. The lowest BCUT2D eigenvalue weighted by Gasteiger charge is -2.61. The largest absolute Gasteiger partial charge is 0.345 e. The van der Waals surface area contributed by atoms with Crippen LogP contribution in [0.1, 0.15) is 106 Å². The van der Waals surface area contributed by atoms with Crippen molar-refractivity contribution in [2.45, 2.75) is 153 Å². The molecule has 0 amide bonds. The normalized spacial score (nSPS) is 59.8. The highest BCUT2D eigenvalue weighted by atomic mass is 17.3. The Kier molecular flexibility index (Phi) is 6.64. The van der Waals surface area contributed by atoms with Crippen LogP contribution < -0.4 is 0 Å². The van der Waals surface area contributed by atoms with Gasteiger partial charge in [-0.2, -0.15) is 0 Å². The molecule has 0 aromatic heterocycles. The van der Waals surface area contributed by atoms with Crippen molar-refractivity contribution in [1.29, 1.82) is 0 Å². The Morgan fingerprint density at radius 2 is 1.02 bits per heavy atom. The van der Waals surface area contributed by atoms with Gasteiger partial charge < -0.3 is 18.9 Å². The average Bonchev–Trinajstić information content (AvgIpc) is 3.32. The SMILES string of the molecule is C[C@H]1[C@@H](CC(=O)C[C@H]2O[C@@H]3O[C@@]4(C)CC[C@H]5[C@H](C)CC[C@@H]([C@H]2C)[C@@]35OO4)O[C@@H]2O[C@@]3(C)CC[C@H]4[C@H](C)CC[C@@H]1[C@@]24OO3. The summed E-state index contributed by atoms with van der Waals surface area (Å²) in [5.41, 5.74) is -1.21. The predicted molar refractivity (Wildman–Crippen MR) is 148 cm³/mol. The molecule has 10 aliphatic rings. The Bertz CT molecular complexity index is 1020. The van der Waals surface area contributed by atoms with Crippen molar-refractivity contribution in [3.63, 3.8) is 0 Å². The monoisotopic (exact) mass is 590 g/mol. The van der Waals surface area contributed by atoms with Crippen molar-refractivity contribution in [2.75, 3.05) is 0 Å². The smallest absolute Gasteiger partial charge is 0.201 e. The molecule has 8 aliphatic heterocycles. The van der Waals surface area contributed by atoms with Crippen LogP contribution >= 0.6 is 0 Å². The quantitative estimate of drug-likeness (QED) is 0.375. The second-order valence-corrected chi connectivity index (χ2v) is 15.8. The third kappa shape index (κ3) is 3.93. The van der Waals surface area contributed by atoms with Crippen molar-refractivity contribution in [3.8, 4) is 0 Å². The van der Waals surface area contributed by atoms with Crippen molar-refractivity contribution >= 4 is 5.78 Å². The van der Waals surface area contributed by atoms with E-state index >= 15 is 0 Å². The van der Waals surface area contributed by atoms with Crippen LogP contribution in [0.4, 0.5) is 0 Å². The third-order valence-electron chi connectivity index (χ3n) is 13.4. The minimum absolute atomic E-state index is 0.148. The molecule has 2 spiro atoms. The van der Waals surface area contributed by atoms with Crippen LogP contribution in [-0.4, -0.2) is 53.3 Å². The summed E-state index contributed by atoms with van der Waals surface area (Å²) in [6.45, 7) is 13.0. The topological polar surface area (TPSA) is 90.9 Å². The van der Waals surface area contributed by atoms with Gasteiger partial charge in [-0.15, -0.1) is 0 Å². The molecular formula is C33H50O9. The van der Waals surface area contributed by atoms with Crippen LogP contribution in [0.25, 0.3) is 0 Å². The Morgan fingerprint density at radius 1 is 0.595 bits per heavy atom. The molecule has 0 unspecified atom stereocenters. The molecule has 42 heavy (non-hydrogen) atoms. The molecule has 0 N–H and O–H groups in total. The summed E-state index contributed by atoms with van der Waals surface area (Å²) in [6, 6.07) is 0.